The Balaban J connectivity index is 1.84. The first-order valence-electron chi connectivity index (χ1n) is 9.22. The van der Waals surface area contributed by atoms with Gasteiger partial charge in [0.1, 0.15) is 5.82 Å². The number of aliphatic imine (C=N–C) groups is 1. The molecule has 0 aromatic heterocycles. The zero-order chi connectivity index (χ0) is 18.2. The van der Waals surface area contributed by atoms with Gasteiger partial charge in [-0.05, 0) is 73.7 Å². The summed E-state index contributed by atoms with van der Waals surface area (Å²) in [5.74, 6) is 0.654. The number of nitrogens with one attached hydrogen (secondary N) is 2. The largest absolute Gasteiger partial charge is 0.357 e. The van der Waals surface area contributed by atoms with Crippen LogP contribution in [0, 0.1) is 5.82 Å². The van der Waals surface area contributed by atoms with Gasteiger partial charge in [-0.2, -0.15) is 0 Å². The van der Waals surface area contributed by atoms with Gasteiger partial charge in [-0.25, -0.2) is 4.39 Å². The predicted molar refractivity (Wildman–Crippen MR) is 107 cm³/mol. The molecule has 4 nitrogen and oxygen atoms in total. The molecule has 0 unspecified atom stereocenters. The number of piperidine rings is 1. The highest BCUT2D eigenvalue weighted by Crippen LogP contribution is 2.17. The first kappa shape index (κ1) is 20.2. The van der Waals surface area contributed by atoms with Crippen LogP contribution in [0.4, 0.5) is 4.39 Å². The van der Waals surface area contributed by atoms with Crippen LogP contribution in [0.1, 0.15) is 39.2 Å². The Morgan fingerprint density at radius 1 is 1.36 bits per heavy atom. The maximum absolute atomic E-state index is 13.3. The summed E-state index contributed by atoms with van der Waals surface area (Å²) in [7, 11) is 0. The quantitative estimate of drug-likeness (QED) is 0.554. The lowest BCUT2D eigenvalue weighted by molar-refractivity contribution is 0.167. The number of hydrogen-bond donors (Lipinski definition) is 2. The van der Waals surface area contributed by atoms with Crippen LogP contribution in [0.25, 0.3) is 0 Å². The van der Waals surface area contributed by atoms with Crippen molar-refractivity contribution in [3.05, 3.63) is 34.1 Å². The van der Waals surface area contributed by atoms with Crippen LogP contribution >= 0.6 is 15.9 Å². The number of guanidine groups is 1. The van der Waals surface area contributed by atoms with Crippen molar-refractivity contribution in [2.45, 2.75) is 52.1 Å². The van der Waals surface area contributed by atoms with Gasteiger partial charge < -0.3 is 15.5 Å². The molecule has 0 amide bonds. The third-order valence-electron chi connectivity index (χ3n) is 4.60. The Morgan fingerprint density at radius 2 is 2.08 bits per heavy atom. The minimum absolute atomic E-state index is 0.227. The fourth-order valence-corrected chi connectivity index (χ4v) is 3.49. The molecule has 1 fully saturated rings. The highest BCUT2D eigenvalue weighted by atomic mass is 79.9. The average Bonchev–Trinajstić information content (AvgIpc) is 2.58. The van der Waals surface area contributed by atoms with Crippen molar-refractivity contribution >= 4 is 21.9 Å². The highest BCUT2D eigenvalue weighted by Gasteiger charge is 2.21. The fourth-order valence-electron chi connectivity index (χ4n) is 3.07. The predicted octanol–water partition coefficient (Wildman–Crippen LogP) is 3.56. The number of likely N-dealkylation sites (tertiary alicyclic amines) is 1. The normalized spacial score (nSPS) is 17.1. The van der Waals surface area contributed by atoms with Crippen LogP contribution in [0.15, 0.2) is 27.7 Å². The van der Waals surface area contributed by atoms with E-state index in [1.807, 2.05) is 12.1 Å². The van der Waals surface area contributed by atoms with Crippen molar-refractivity contribution in [1.29, 1.82) is 0 Å². The molecule has 2 N–H and O–H groups in total. The van der Waals surface area contributed by atoms with Gasteiger partial charge in [-0.3, -0.25) is 4.99 Å². The van der Waals surface area contributed by atoms with E-state index in [-0.39, 0.29) is 5.82 Å². The smallest absolute Gasteiger partial charge is 0.191 e. The second-order valence-corrected chi connectivity index (χ2v) is 7.66. The molecule has 0 atom stereocenters. The minimum atomic E-state index is -0.227. The standard InChI is InChI=1S/C19H30BrFN4/c1-4-22-19(24-16-8-11-25(12-9-16)14(2)3)23-10-7-15-5-6-18(21)17(20)13-15/h5-6,13-14,16H,4,7-12H2,1-3H3,(H2,22,23,24). The zero-order valence-electron chi connectivity index (χ0n) is 15.5. The molecule has 1 aromatic carbocycles. The molecular formula is C19H30BrFN4. The van der Waals surface area contributed by atoms with Crippen molar-refractivity contribution in [3.8, 4) is 0 Å². The molecule has 25 heavy (non-hydrogen) atoms. The lowest BCUT2D eigenvalue weighted by atomic mass is 10.0. The van der Waals surface area contributed by atoms with Crippen LogP contribution in [0.3, 0.4) is 0 Å². The first-order chi connectivity index (χ1) is 12.0. The molecule has 0 bridgehead atoms. The Morgan fingerprint density at radius 3 is 2.68 bits per heavy atom. The summed E-state index contributed by atoms with van der Waals surface area (Å²) in [5, 5.41) is 6.89. The SMILES string of the molecule is CCNC(=NCCc1ccc(F)c(Br)c1)NC1CCN(C(C)C)CC1. The molecule has 0 radical (unpaired) electrons. The molecule has 140 valence electrons. The molecule has 6 heteroatoms. The van der Waals surface area contributed by atoms with Gasteiger partial charge >= 0.3 is 0 Å². The number of benzene rings is 1. The fraction of sp³-hybridized carbons (Fsp3) is 0.632. The molecule has 1 heterocycles. The second kappa shape index (κ2) is 10.1. The first-order valence-corrected chi connectivity index (χ1v) is 10.0. The van der Waals surface area contributed by atoms with E-state index in [4.69, 9.17) is 0 Å². The van der Waals surface area contributed by atoms with E-state index in [0.29, 0.717) is 23.1 Å². The molecule has 0 spiro atoms. The van der Waals surface area contributed by atoms with Gasteiger partial charge in [0.2, 0.25) is 0 Å². The van der Waals surface area contributed by atoms with Crippen molar-refractivity contribution in [1.82, 2.24) is 15.5 Å². The molecule has 1 aliphatic heterocycles. The maximum Gasteiger partial charge on any atom is 0.191 e. The van der Waals surface area contributed by atoms with Gasteiger partial charge in [-0.1, -0.05) is 6.07 Å². The van der Waals surface area contributed by atoms with Gasteiger partial charge in [0.15, 0.2) is 5.96 Å². The van der Waals surface area contributed by atoms with Crippen molar-refractivity contribution in [2.75, 3.05) is 26.2 Å². The van der Waals surface area contributed by atoms with Crippen LogP contribution in [-0.4, -0.2) is 49.1 Å². The summed E-state index contributed by atoms with van der Waals surface area (Å²) in [6, 6.07) is 6.24. The molecule has 2 rings (SSSR count). The average molecular weight is 413 g/mol. The van der Waals surface area contributed by atoms with Gasteiger partial charge in [0.25, 0.3) is 0 Å². The van der Waals surface area contributed by atoms with Crippen molar-refractivity contribution < 1.29 is 4.39 Å². The van der Waals surface area contributed by atoms with E-state index in [1.54, 1.807) is 0 Å². The summed E-state index contributed by atoms with van der Waals surface area (Å²) in [6.45, 7) is 10.4. The van der Waals surface area contributed by atoms with Crippen molar-refractivity contribution in [3.63, 3.8) is 0 Å². The number of hydrogen-bond acceptors (Lipinski definition) is 2. The molecule has 0 saturated carbocycles. The topological polar surface area (TPSA) is 39.7 Å². The third-order valence-corrected chi connectivity index (χ3v) is 5.21. The van der Waals surface area contributed by atoms with E-state index in [9.17, 15) is 4.39 Å². The Bertz CT molecular complexity index is 569. The Kier molecular flexibility index (Phi) is 8.16. The molecule has 1 aromatic rings. The molecule has 1 saturated heterocycles. The van der Waals surface area contributed by atoms with E-state index >= 15 is 0 Å². The van der Waals surface area contributed by atoms with E-state index in [2.05, 4.69) is 57.2 Å². The van der Waals surface area contributed by atoms with E-state index in [0.717, 1.165) is 50.4 Å². The second-order valence-electron chi connectivity index (χ2n) is 6.81. The maximum atomic E-state index is 13.3. The zero-order valence-corrected chi connectivity index (χ0v) is 17.1. The monoisotopic (exact) mass is 412 g/mol. The Labute approximate surface area is 159 Å². The highest BCUT2D eigenvalue weighted by molar-refractivity contribution is 9.10. The van der Waals surface area contributed by atoms with Crippen molar-refractivity contribution in [2.24, 2.45) is 4.99 Å². The summed E-state index contributed by atoms with van der Waals surface area (Å²) in [4.78, 5) is 7.20. The number of nitrogens with zero attached hydrogens (tertiary/aromatic N) is 2. The van der Waals surface area contributed by atoms with Crippen LogP contribution in [0.2, 0.25) is 0 Å². The van der Waals surface area contributed by atoms with Gasteiger partial charge in [0.05, 0.1) is 4.47 Å². The summed E-state index contributed by atoms with van der Waals surface area (Å²) in [6.07, 6.45) is 3.09. The number of halogens is 2. The lowest BCUT2D eigenvalue weighted by Gasteiger charge is -2.35. The van der Waals surface area contributed by atoms with Crippen LogP contribution in [0.5, 0.6) is 0 Å². The van der Waals surface area contributed by atoms with Gasteiger partial charge in [-0.15, -0.1) is 0 Å². The molecule has 1 aliphatic rings. The van der Waals surface area contributed by atoms with Crippen LogP contribution < -0.4 is 10.6 Å². The minimum Gasteiger partial charge on any atom is -0.357 e. The summed E-state index contributed by atoms with van der Waals surface area (Å²) >= 11 is 3.23. The Hall–Kier alpha value is -1.14. The van der Waals surface area contributed by atoms with E-state index < -0.39 is 0 Å². The summed E-state index contributed by atoms with van der Waals surface area (Å²) < 4.78 is 13.8. The molecular weight excluding hydrogens is 383 g/mol. The number of rotatable bonds is 6. The summed E-state index contributed by atoms with van der Waals surface area (Å²) in [5.41, 5.74) is 1.08. The third kappa shape index (κ3) is 6.59. The lowest BCUT2D eigenvalue weighted by Crippen LogP contribution is -2.49. The van der Waals surface area contributed by atoms with E-state index in [1.165, 1.54) is 6.07 Å². The molecule has 0 aliphatic carbocycles. The van der Waals surface area contributed by atoms with Crippen LogP contribution in [-0.2, 0) is 6.42 Å². The van der Waals surface area contributed by atoms with Gasteiger partial charge in [0, 0.05) is 38.3 Å².